The summed E-state index contributed by atoms with van der Waals surface area (Å²) in [5.41, 5.74) is 2.82. The van der Waals surface area contributed by atoms with Gasteiger partial charge in [0.15, 0.2) is 0 Å². The molecule has 0 fully saturated rings. The molecule has 0 radical (unpaired) electrons. The first-order valence-corrected chi connectivity index (χ1v) is 7.25. The fourth-order valence-electron chi connectivity index (χ4n) is 1.54. The van der Waals surface area contributed by atoms with Crippen LogP contribution in [-0.4, -0.2) is 8.42 Å². The molecule has 0 atom stereocenters. The lowest BCUT2D eigenvalue weighted by molar-refractivity contribution is 0.599. The van der Waals surface area contributed by atoms with Crippen molar-refractivity contribution in [3.05, 3.63) is 47.0 Å². The van der Waals surface area contributed by atoms with Crippen LogP contribution >= 0.6 is 0 Å². The molecular weight excluding hydrogens is 244 g/mol. The summed E-state index contributed by atoms with van der Waals surface area (Å²) in [6, 6.07) is 8.39. The van der Waals surface area contributed by atoms with Gasteiger partial charge >= 0.3 is 0 Å². The summed E-state index contributed by atoms with van der Waals surface area (Å²) in [5, 5.41) is 0. The van der Waals surface area contributed by atoms with Gasteiger partial charge in [-0.05, 0) is 38.0 Å². The highest BCUT2D eigenvalue weighted by Gasteiger charge is 2.19. The van der Waals surface area contributed by atoms with Crippen molar-refractivity contribution >= 4 is 9.84 Å². The lowest BCUT2D eigenvalue weighted by Crippen LogP contribution is -2.04. The smallest absolute Gasteiger partial charge is 0.210 e. The Hall–Kier alpha value is -1.75. The summed E-state index contributed by atoms with van der Waals surface area (Å²) in [5.74, 6) is 2.51. The molecule has 0 amide bonds. The van der Waals surface area contributed by atoms with E-state index in [1.54, 1.807) is 43.3 Å². The van der Waals surface area contributed by atoms with E-state index >= 15 is 0 Å². The summed E-state index contributed by atoms with van der Waals surface area (Å²) in [7, 11) is -3.44. The van der Waals surface area contributed by atoms with Crippen molar-refractivity contribution in [2.45, 2.75) is 31.1 Å². The molecule has 2 nitrogen and oxygen atoms in total. The maximum Gasteiger partial charge on any atom is 0.210 e. The monoisotopic (exact) mass is 260 g/mol. The van der Waals surface area contributed by atoms with Crippen LogP contribution in [0.1, 0.15) is 26.2 Å². The first kappa shape index (κ1) is 14.3. The van der Waals surface area contributed by atoms with Crippen LogP contribution in [0.4, 0.5) is 0 Å². The van der Waals surface area contributed by atoms with E-state index in [2.05, 4.69) is 11.7 Å². The molecule has 0 aliphatic heterocycles. The van der Waals surface area contributed by atoms with Crippen LogP contribution in [0.5, 0.6) is 0 Å². The number of sulfone groups is 1. The Morgan fingerprint density at radius 1 is 1.33 bits per heavy atom. The van der Waals surface area contributed by atoms with E-state index in [1.807, 2.05) is 0 Å². The molecule has 0 heterocycles. The lowest BCUT2D eigenvalue weighted by Gasteiger charge is -2.06. The molecule has 1 aromatic rings. The molecule has 0 bridgehead atoms. The third kappa shape index (κ3) is 3.63. The van der Waals surface area contributed by atoms with Crippen LogP contribution < -0.4 is 0 Å². The van der Waals surface area contributed by atoms with Crippen molar-refractivity contribution in [2.24, 2.45) is 0 Å². The van der Waals surface area contributed by atoms with Gasteiger partial charge in [0.1, 0.15) is 0 Å². The molecule has 0 saturated heterocycles. The number of hydrogen-bond donors (Lipinski definition) is 0. The van der Waals surface area contributed by atoms with Crippen molar-refractivity contribution in [1.29, 1.82) is 0 Å². The van der Waals surface area contributed by atoms with Gasteiger partial charge in [-0.1, -0.05) is 18.2 Å². The van der Waals surface area contributed by atoms with Crippen LogP contribution in [-0.2, 0) is 9.84 Å². The summed E-state index contributed by atoms with van der Waals surface area (Å²) in [4.78, 5) is 0.599. The molecule has 18 heavy (non-hydrogen) atoms. The van der Waals surface area contributed by atoms with Gasteiger partial charge in [0.25, 0.3) is 0 Å². The average molecular weight is 260 g/mol. The SMILES string of the molecule is C#CCCCC(=C=CC)S(=O)(=O)c1ccccc1. The highest BCUT2D eigenvalue weighted by molar-refractivity contribution is 7.95. The normalized spacial score (nSPS) is 10.2. The Kier molecular flexibility index (Phi) is 5.45. The number of rotatable bonds is 5. The van der Waals surface area contributed by atoms with E-state index in [0.717, 1.165) is 0 Å². The van der Waals surface area contributed by atoms with Crippen LogP contribution in [0.15, 0.2) is 51.9 Å². The zero-order valence-corrected chi connectivity index (χ0v) is 11.2. The Bertz CT molecular complexity index is 583. The number of unbranched alkanes of at least 4 members (excludes halogenated alkanes) is 1. The van der Waals surface area contributed by atoms with Crippen molar-refractivity contribution in [1.82, 2.24) is 0 Å². The second kappa shape index (κ2) is 6.86. The minimum atomic E-state index is -3.44. The number of hydrogen-bond acceptors (Lipinski definition) is 2. The van der Waals surface area contributed by atoms with Gasteiger partial charge < -0.3 is 0 Å². The van der Waals surface area contributed by atoms with Gasteiger partial charge in [-0.2, -0.15) is 0 Å². The van der Waals surface area contributed by atoms with E-state index in [9.17, 15) is 8.42 Å². The van der Waals surface area contributed by atoms with Crippen molar-refractivity contribution in [3.63, 3.8) is 0 Å². The van der Waals surface area contributed by atoms with Crippen LogP contribution in [0.2, 0.25) is 0 Å². The Balaban J connectivity index is 3.08. The highest BCUT2D eigenvalue weighted by atomic mass is 32.2. The summed E-state index contributed by atoms with van der Waals surface area (Å²) in [6.07, 6.45) is 8.43. The second-order valence-electron chi connectivity index (χ2n) is 3.73. The third-order valence-electron chi connectivity index (χ3n) is 2.41. The molecule has 0 aliphatic rings. The molecular formula is C15H16O2S. The molecule has 0 spiro atoms. The largest absolute Gasteiger partial charge is 0.218 e. The fraction of sp³-hybridized carbons (Fsp3) is 0.267. The molecule has 0 aliphatic carbocycles. The molecule has 0 N–H and O–H groups in total. The zero-order valence-electron chi connectivity index (χ0n) is 10.4. The molecule has 0 aromatic heterocycles. The maximum atomic E-state index is 12.3. The summed E-state index contributed by atoms with van der Waals surface area (Å²) < 4.78 is 24.7. The molecule has 1 aromatic carbocycles. The zero-order chi connectivity index (χ0) is 13.4. The van der Waals surface area contributed by atoms with Crippen LogP contribution in [0.3, 0.4) is 0 Å². The predicted octanol–water partition coefficient (Wildman–Crippen LogP) is 3.32. The molecule has 0 unspecified atom stereocenters. The molecule has 94 valence electrons. The molecule has 3 heteroatoms. The van der Waals surface area contributed by atoms with Gasteiger partial charge in [0, 0.05) is 6.42 Å². The average Bonchev–Trinajstić information content (AvgIpc) is 2.39. The van der Waals surface area contributed by atoms with Crippen LogP contribution in [0, 0.1) is 12.3 Å². The van der Waals surface area contributed by atoms with E-state index in [0.29, 0.717) is 29.1 Å². The minimum Gasteiger partial charge on any atom is -0.218 e. The Morgan fingerprint density at radius 2 is 2.00 bits per heavy atom. The lowest BCUT2D eigenvalue weighted by atomic mass is 10.2. The van der Waals surface area contributed by atoms with E-state index in [1.165, 1.54) is 0 Å². The van der Waals surface area contributed by atoms with Gasteiger partial charge in [-0.25, -0.2) is 8.42 Å². The first-order chi connectivity index (χ1) is 8.62. The Labute approximate surface area is 109 Å². The Morgan fingerprint density at radius 3 is 2.56 bits per heavy atom. The van der Waals surface area contributed by atoms with Gasteiger partial charge in [0.05, 0.1) is 9.80 Å². The van der Waals surface area contributed by atoms with Crippen molar-refractivity contribution in [2.75, 3.05) is 0 Å². The van der Waals surface area contributed by atoms with Gasteiger partial charge in [-0.3, -0.25) is 0 Å². The van der Waals surface area contributed by atoms with Gasteiger partial charge in [0.2, 0.25) is 9.84 Å². The molecule has 0 saturated carbocycles. The topological polar surface area (TPSA) is 34.1 Å². The van der Waals surface area contributed by atoms with E-state index in [-0.39, 0.29) is 0 Å². The number of terminal acetylenes is 1. The van der Waals surface area contributed by atoms with Crippen LogP contribution in [0.25, 0.3) is 0 Å². The quantitative estimate of drug-likeness (QED) is 0.462. The van der Waals surface area contributed by atoms with Crippen molar-refractivity contribution < 1.29 is 8.42 Å². The fourth-order valence-corrected chi connectivity index (χ4v) is 3.02. The first-order valence-electron chi connectivity index (χ1n) is 5.76. The standard InChI is InChI=1S/C15H16O2S/c1-3-5-7-11-14(10-4-2)18(16,17)15-12-8-6-9-13-15/h1,4,6,8-9,12-13H,5,7,11H2,2H3. The number of allylic oxidation sites excluding steroid dienone is 1. The summed E-state index contributed by atoms with van der Waals surface area (Å²) >= 11 is 0. The summed E-state index contributed by atoms with van der Waals surface area (Å²) in [6.45, 7) is 1.75. The van der Waals surface area contributed by atoms with Gasteiger partial charge in [-0.15, -0.1) is 18.1 Å². The van der Waals surface area contributed by atoms with E-state index in [4.69, 9.17) is 6.42 Å². The maximum absolute atomic E-state index is 12.3. The molecule has 1 rings (SSSR count). The van der Waals surface area contributed by atoms with Crippen molar-refractivity contribution in [3.8, 4) is 12.3 Å². The highest BCUT2D eigenvalue weighted by Crippen LogP contribution is 2.22. The number of benzene rings is 1. The third-order valence-corrected chi connectivity index (χ3v) is 4.27. The predicted molar refractivity (Wildman–Crippen MR) is 73.6 cm³/mol. The second-order valence-corrected chi connectivity index (χ2v) is 5.70. The minimum absolute atomic E-state index is 0.298. The van der Waals surface area contributed by atoms with E-state index < -0.39 is 9.84 Å².